The van der Waals surface area contributed by atoms with E-state index >= 15 is 0 Å². The Kier molecular flexibility index (Phi) is 2.28. The smallest absolute Gasteiger partial charge is 0.00131 e. The molecule has 4 aromatic carbocycles. The van der Waals surface area contributed by atoms with Crippen molar-refractivity contribution in [2.45, 2.75) is 12.8 Å². The molecule has 0 heterocycles. The minimum Gasteiger partial charge on any atom is -0.0619 e. The Balaban J connectivity index is 1.62. The van der Waals surface area contributed by atoms with Crippen molar-refractivity contribution >= 4 is 10.8 Å². The Bertz CT molecular complexity index is 1150. The molecule has 0 fully saturated rings. The van der Waals surface area contributed by atoms with Gasteiger partial charge in [-0.1, -0.05) is 60.7 Å². The molecule has 0 aliphatic heterocycles. The van der Waals surface area contributed by atoms with Gasteiger partial charge < -0.3 is 0 Å². The molecule has 112 valence electrons. The summed E-state index contributed by atoms with van der Waals surface area (Å²) in [5.74, 6) is 0. The van der Waals surface area contributed by atoms with Crippen LogP contribution < -0.4 is 0 Å². The normalized spacial score (nSPS) is 13.5. The molecule has 0 heteroatoms. The van der Waals surface area contributed by atoms with Crippen LogP contribution in [0.25, 0.3) is 33.0 Å². The Morgan fingerprint density at radius 3 is 1.88 bits per heavy atom. The molecule has 0 aromatic heterocycles. The van der Waals surface area contributed by atoms with Crippen LogP contribution in [-0.2, 0) is 12.8 Å². The molecule has 2 aliphatic carbocycles. The van der Waals surface area contributed by atoms with E-state index in [4.69, 9.17) is 0 Å². The summed E-state index contributed by atoms with van der Waals surface area (Å²) < 4.78 is 0. The lowest BCUT2D eigenvalue weighted by Crippen LogP contribution is -1.86. The monoisotopic (exact) mass is 304 g/mol. The third-order valence-electron chi connectivity index (χ3n) is 5.66. The highest BCUT2D eigenvalue weighted by atomic mass is 14.3. The Morgan fingerprint density at radius 1 is 0.417 bits per heavy atom. The molecule has 0 nitrogen and oxygen atoms in total. The molecule has 2 aliphatic rings. The van der Waals surface area contributed by atoms with Crippen LogP contribution in [-0.4, -0.2) is 0 Å². The van der Waals surface area contributed by atoms with E-state index in [0.29, 0.717) is 0 Å². The predicted molar refractivity (Wildman–Crippen MR) is 100 cm³/mol. The van der Waals surface area contributed by atoms with Gasteiger partial charge in [-0.05, 0) is 80.3 Å². The summed E-state index contributed by atoms with van der Waals surface area (Å²) >= 11 is 0. The number of fused-ring (bicyclic) bond motifs is 7. The van der Waals surface area contributed by atoms with Crippen molar-refractivity contribution in [2.75, 3.05) is 0 Å². The first-order valence-corrected chi connectivity index (χ1v) is 8.63. The van der Waals surface area contributed by atoms with E-state index < -0.39 is 0 Å². The first-order valence-electron chi connectivity index (χ1n) is 8.63. The zero-order chi connectivity index (χ0) is 15.7. The van der Waals surface area contributed by atoms with E-state index in [2.05, 4.69) is 72.8 Å². The molecule has 0 spiro atoms. The first-order chi connectivity index (χ1) is 11.9. The highest BCUT2D eigenvalue weighted by molar-refractivity contribution is 5.93. The van der Waals surface area contributed by atoms with Gasteiger partial charge in [-0.15, -0.1) is 0 Å². The molecular formula is C24H16. The molecule has 0 atom stereocenters. The van der Waals surface area contributed by atoms with E-state index in [0.717, 1.165) is 12.8 Å². The fraction of sp³-hybridized carbons (Fsp3) is 0.0833. The molecule has 24 heavy (non-hydrogen) atoms. The van der Waals surface area contributed by atoms with Crippen LogP contribution in [0.15, 0.2) is 72.8 Å². The highest BCUT2D eigenvalue weighted by Gasteiger charge is 2.25. The maximum Gasteiger partial charge on any atom is -0.00131 e. The Morgan fingerprint density at radius 2 is 1.00 bits per heavy atom. The summed E-state index contributed by atoms with van der Waals surface area (Å²) in [6.07, 6.45) is 2.15. The average Bonchev–Trinajstić information content (AvgIpc) is 3.14. The largest absolute Gasteiger partial charge is 0.0619 e. The summed E-state index contributed by atoms with van der Waals surface area (Å²) in [4.78, 5) is 0. The summed E-state index contributed by atoms with van der Waals surface area (Å²) in [6, 6.07) is 27.2. The van der Waals surface area contributed by atoms with Crippen molar-refractivity contribution in [3.8, 4) is 22.3 Å². The lowest BCUT2D eigenvalue weighted by atomic mass is 9.97. The second-order valence-electron chi connectivity index (χ2n) is 7.03. The molecule has 6 rings (SSSR count). The Labute approximate surface area is 141 Å². The number of benzene rings is 4. The topological polar surface area (TPSA) is 0 Å². The van der Waals surface area contributed by atoms with E-state index in [9.17, 15) is 0 Å². The fourth-order valence-electron chi connectivity index (χ4n) is 4.52. The number of hydrogen-bond acceptors (Lipinski definition) is 0. The fourth-order valence-corrected chi connectivity index (χ4v) is 4.52. The lowest BCUT2D eigenvalue weighted by Gasteiger charge is -2.07. The molecule has 0 bridgehead atoms. The maximum absolute atomic E-state index is 2.45. The molecular weight excluding hydrogens is 288 g/mol. The summed E-state index contributed by atoms with van der Waals surface area (Å²) in [6.45, 7) is 0. The Hall–Kier alpha value is -2.86. The first kappa shape index (κ1) is 12.5. The molecule has 0 saturated carbocycles. The van der Waals surface area contributed by atoms with Gasteiger partial charge in [0.1, 0.15) is 0 Å². The van der Waals surface area contributed by atoms with Crippen LogP contribution in [0.4, 0.5) is 0 Å². The van der Waals surface area contributed by atoms with Gasteiger partial charge in [-0.3, -0.25) is 0 Å². The van der Waals surface area contributed by atoms with E-state index in [1.807, 2.05) is 0 Å². The minimum atomic E-state index is 1.07. The van der Waals surface area contributed by atoms with E-state index in [1.165, 1.54) is 55.3 Å². The molecule has 0 amide bonds. The van der Waals surface area contributed by atoms with Crippen molar-refractivity contribution in [2.24, 2.45) is 0 Å². The molecule has 0 unspecified atom stereocenters. The van der Waals surface area contributed by atoms with Crippen molar-refractivity contribution in [3.63, 3.8) is 0 Å². The van der Waals surface area contributed by atoms with Crippen molar-refractivity contribution in [1.29, 1.82) is 0 Å². The van der Waals surface area contributed by atoms with Crippen molar-refractivity contribution in [1.82, 2.24) is 0 Å². The number of rotatable bonds is 0. The van der Waals surface area contributed by atoms with Crippen LogP contribution in [0.5, 0.6) is 0 Å². The molecule has 0 N–H and O–H groups in total. The SMILES string of the molecule is c1ccc2c(c1)Cc1cc3c(cc1-2)-c1cc2ccccc2cc1C3. The van der Waals surface area contributed by atoms with Gasteiger partial charge in [-0.25, -0.2) is 0 Å². The lowest BCUT2D eigenvalue weighted by molar-refractivity contribution is 1.21. The van der Waals surface area contributed by atoms with E-state index in [1.54, 1.807) is 0 Å². The quantitative estimate of drug-likeness (QED) is 0.324. The third-order valence-corrected chi connectivity index (χ3v) is 5.66. The maximum atomic E-state index is 2.45. The zero-order valence-electron chi connectivity index (χ0n) is 13.3. The van der Waals surface area contributed by atoms with Crippen LogP contribution in [0, 0.1) is 0 Å². The van der Waals surface area contributed by atoms with Crippen LogP contribution >= 0.6 is 0 Å². The van der Waals surface area contributed by atoms with Gasteiger partial charge in [0.05, 0.1) is 0 Å². The van der Waals surface area contributed by atoms with Gasteiger partial charge in [0, 0.05) is 0 Å². The van der Waals surface area contributed by atoms with Crippen molar-refractivity contribution in [3.05, 3.63) is 95.1 Å². The van der Waals surface area contributed by atoms with Crippen LogP contribution in [0.2, 0.25) is 0 Å². The highest BCUT2D eigenvalue weighted by Crippen LogP contribution is 2.45. The van der Waals surface area contributed by atoms with Gasteiger partial charge in [0.15, 0.2) is 0 Å². The molecule has 0 radical (unpaired) electrons. The summed E-state index contributed by atoms with van der Waals surface area (Å²) in [7, 11) is 0. The standard InChI is InChI=1S/C24H16/c1-2-6-16-13-22-18(9-15(16)5-1)11-20-12-19-10-17-7-3-4-8-21(17)23(19)14-24(20)22/h1-9,12-14H,10-11H2. The predicted octanol–water partition coefficient (Wildman–Crippen LogP) is 5.98. The van der Waals surface area contributed by atoms with E-state index in [-0.39, 0.29) is 0 Å². The third kappa shape index (κ3) is 1.58. The van der Waals surface area contributed by atoms with Gasteiger partial charge in [-0.2, -0.15) is 0 Å². The van der Waals surface area contributed by atoms with Gasteiger partial charge >= 0.3 is 0 Å². The number of hydrogen-bond donors (Lipinski definition) is 0. The second-order valence-corrected chi connectivity index (χ2v) is 7.03. The summed E-state index contributed by atoms with van der Waals surface area (Å²) in [5.41, 5.74) is 11.6. The van der Waals surface area contributed by atoms with Crippen molar-refractivity contribution < 1.29 is 0 Å². The zero-order valence-corrected chi connectivity index (χ0v) is 13.3. The molecule has 0 saturated heterocycles. The minimum absolute atomic E-state index is 1.07. The average molecular weight is 304 g/mol. The van der Waals surface area contributed by atoms with Gasteiger partial charge in [0.25, 0.3) is 0 Å². The van der Waals surface area contributed by atoms with Crippen LogP contribution in [0.1, 0.15) is 22.3 Å². The summed E-state index contributed by atoms with van der Waals surface area (Å²) in [5, 5.41) is 2.69. The van der Waals surface area contributed by atoms with Crippen LogP contribution in [0.3, 0.4) is 0 Å². The second kappa shape index (κ2) is 4.36. The molecule has 4 aromatic rings. The van der Waals surface area contributed by atoms with Gasteiger partial charge in [0.2, 0.25) is 0 Å².